The molecule has 2 amide bonds. The molecule has 0 saturated carbocycles. The lowest BCUT2D eigenvalue weighted by Crippen LogP contribution is -2.23. The number of para-hydroxylation sites is 1. The normalized spacial score (nSPS) is 11.0. The maximum absolute atomic E-state index is 13.2. The zero-order valence-corrected chi connectivity index (χ0v) is 21.6. The third kappa shape index (κ3) is 5.81. The number of fused-ring (bicyclic) bond motifs is 1. The molecule has 0 aliphatic carbocycles. The highest BCUT2D eigenvalue weighted by Crippen LogP contribution is 2.40. The summed E-state index contributed by atoms with van der Waals surface area (Å²) in [4.78, 5) is 25.7. The predicted molar refractivity (Wildman–Crippen MR) is 149 cm³/mol. The molecule has 0 aliphatic rings. The number of nitrogens with one attached hydrogen (secondary N) is 2. The van der Waals surface area contributed by atoms with Crippen molar-refractivity contribution in [2.24, 2.45) is 10.2 Å². The number of ether oxygens (including phenoxy) is 1. The van der Waals surface area contributed by atoms with Crippen molar-refractivity contribution in [3.63, 3.8) is 0 Å². The first-order valence-corrected chi connectivity index (χ1v) is 12.5. The van der Waals surface area contributed by atoms with Crippen molar-refractivity contribution in [3.05, 3.63) is 89.5 Å². The number of anilines is 1. The second kappa shape index (κ2) is 12.0. The first-order chi connectivity index (χ1) is 18.4. The fourth-order valence-electron chi connectivity index (χ4n) is 3.95. The standard InChI is InChI=1S/C30H30N4O4/c1-4-16-31-29(36)21-14-15-26(38-5-2)25(18-21)33-34-27-22-12-8-7-11-20(22)17-23(28(27)35)30(37)32-24-13-9-6-10-19(24)3/h6-15,17-18,35H,4-5,16H2,1-3H3,(H,31,36)(H,32,37)/b34-33+. The zero-order valence-electron chi connectivity index (χ0n) is 21.6. The van der Waals surface area contributed by atoms with Crippen molar-refractivity contribution in [3.8, 4) is 11.5 Å². The second-order valence-electron chi connectivity index (χ2n) is 8.68. The van der Waals surface area contributed by atoms with Crippen molar-refractivity contribution in [1.82, 2.24) is 5.32 Å². The predicted octanol–water partition coefficient (Wildman–Crippen LogP) is 7.06. The molecular weight excluding hydrogens is 480 g/mol. The van der Waals surface area contributed by atoms with Crippen molar-refractivity contribution < 1.29 is 19.4 Å². The SMILES string of the molecule is CCCNC(=O)c1ccc(OCC)c(/N=N/c2c(O)c(C(=O)Nc3ccccc3C)cc3ccccc23)c1. The van der Waals surface area contributed by atoms with Gasteiger partial charge in [-0.05, 0) is 61.5 Å². The van der Waals surface area contributed by atoms with Gasteiger partial charge in [0, 0.05) is 23.2 Å². The first-order valence-electron chi connectivity index (χ1n) is 12.5. The molecule has 8 heteroatoms. The van der Waals surface area contributed by atoms with E-state index >= 15 is 0 Å². The van der Waals surface area contributed by atoms with Crippen LogP contribution in [-0.2, 0) is 0 Å². The lowest BCUT2D eigenvalue weighted by Gasteiger charge is -2.13. The first kappa shape index (κ1) is 26.3. The number of phenols is 1. The minimum Gasteiger partial charge on any atom is -0.505 e. The lowest BCUT2D eigenvalue weighted by atomic mass is 10.0. The number of aryl methyl sites for hydroxylation is 1. The fourth-order valence-corrected chi connectivity index (χ4v) is 3.95. The van der Waals surface area contributed by atoms with E-state index in [2.05, 4.69) is 20.9 Å². The van der Waals surface area contributed by atoms with E-state index in [-0.39, 0.29) is 22.9 Å². The number of nitrogens with zero attached hydrogens (tertiary/aromatic N) is 2. The molecule has 4 rings (SSSR count). The molecule has 0 spiro atoms. The van der Waals surface area contributed by atoms with Crippen LogP contribution >= 0.6 is 0 Å². The number of rotatable bonds is 9. The quantitative estimate of drug-likeness (QED) is 0.209. The molecule has 0 heterocycles. The number of hydrogen-bond donors (Lipinski definition) is 3. The Morgan fingerprint density at radius 2 is 1.68 bits per heavy atom. The zero-order chi connectivity index (χ0) is 27.1. The van der Waals surface area contributed by atoms with Gasteiger partial charge in [-0.2, -0.15) is 0 Å². The van der Waals surface area contributed by atoms with E-state index in [9.17, 15) is 14.7 Å². The average molecular weight is 511 g/mol. The highest BCUT2D eigenvalue weighted by atomic mass is 16.5. The van der Waals surface area contributed by atoms with Crippen LogP contribution in [0.25, 0.3) is 10.8 Å². The Labute approximate surface area is 221 Å². The van der Waals surface area contributed by atoms with Gasteiger partial charge in [-0.15, -0.1) is 10.2 Å². The van der Waals surface area contributed by atoms with Gasteiger partial charge in [0.05, 0.1) is 12.2 Å². The smallest absolute Gasteiger partial charge is 0.259 e. The van der Waals surface area contributed by atoms with Gasteiger partial charge < -0.3 is 20.5 Å². The Bertz CT molecular complexity index is 1510. The summed E-state index contributed by atoms with van der Waals surface area (Å²) in [6, 6.07) is 21.2. The molecule has 0 unspecified atom stereocenters. The lowest BCUT2D eigenvalue weighted by molar-refractivity contribution is 0.0952. The number of aromatic hydroxyl groups is 1. The third-order valence-electron chi connectivity index (χ3n) is 5.95. The number of hydrogen-bond acceptors (Lipinski definition) is 6. The number of benzene rings is 4. The van der Waals surface area contributed by atoms with Gasteiger partial charge in [-0.3, -0.25) is 9.59 Å². The summed E-state index contributed by atoms with van der Waals surface area (Å²) in [7, 11) is 0. The molecule has 0 aromatic heterocycles. The van der Waals surface area contributed by atoms with Crippen molar-refractivity contribution in [2.45, 2.75) is 27.2 Å². The van der Waals surface area contributed by atoms with Gasteiger partial charge in [0.1, 0.15) is 17.1 Å². The summed E-state index contributed by atoms with van der Waals surface area (Å²) in [5.41, 5.74) is 2.49. The van der Waals surface area contributed by atoms with E-state index in [1.165, 1.54) is 0 Å². The number of amides is 2. The number of carbonyl (C=O) groups is 2. The van der Waals surface area contributed by atoms with E-state index in [0.717, 1.165) is 12.0 Å². The van der Waals surface area contributed by atoms with E-state index < -0.39 is 5.91 Å². The molecule has 0 bridgehead atoms. The summed E-state index contributed by atoms with van der Waals surface area (Å²) in [5, 5.41) is 26.9. The Kier molecular flexibility index (Phi) is 8.33. The summed E-state index contributed by atoms with van der Waals surface area (Å²) >= 11 is 0. The molecule has 0 aliphatic heterocycles. The van der Waals surface area contributed by atoms with Crippen LogP contribution in [0.3, 0.4) is 0 Å². The van der Waals surface area contributed by atoms with Gasteiger partial charge in [0.2, 0.25) is 0 Å². The topological polar surface area (TPSA) is 112 Å². The summed E-state index contributed by atoms with van der Waals surface area (Å²) in [6.07, 6.45) is 0.815. The van der Waals surface area contributed by atoms with Crippen LogP contribution in [0.2, 0.25) is 0 Å². The number of azo groups is 1. The van der Waals surface area contributed by atoms with Gasteiger partial charge in [0.25, 0.3) is 11.8 Å². The fraction of sp³-hybridized carbons (Fsp3) is 0.200. The van der Waals surface area contributed by atoms with E-state index in [1.54, 1.807) is 36.4 Å². The summed E-state index contributed by atoms with van der Waals surface area (Å²) < 4.78 is 5.69. The molecule has 0 atom stereocenters. The highest BCUT2D eigenvalue weighted by Gasteiger charge is 2.19. The number of carbonyl (C=O) groups excluding carboxylic acids is 2. The largest absolute Gasteiger partial charge is 0.505 e. The molecular formula is C30H30N4O4. The molecule has 4 aromatic rings. The van der Waals surface area contributed by atoms with Gasteiger partial charge >= 0.3 is 0 Å². The average Bonchev–Trinajstić information content (AvgIpc) is 2.93. The molecule has 0 fully saturated rings. The van der Waals surface area contributed by atoms with Crippen LogP contribution in [0.15, 0.2) is 83.0 Å². The highest BCUT2D eigenvalue weighted by molar-refractivity contribution is 6.12. The Morgan fingerprint density at radius 3 is 2.45 bits per heavy atom. The maximum atomic E-state index is 13.2. The van der Waals surface area contributed by atoms with Gasteiger partial charge in [-0.1, -0.05) is 49.4 Å². The minimum absolute atomic E-state index is 0.0682. The van der Waals surface area contributed by atoms with Crippen molar-refractivity contribution in [2.75, 3.05) is 18.5 Å². The minimum atomic E-state index is -0.469. The number of phenolic OH excluding ortho intramolecular Hbond substituents is 1. The summed E-state index contributed by atoms with van der Waals surface area (Å²) in [5.74, 6) is -0.549. The van der Waals surface area contributed by atoms with E-state index in [1.807, 2.05) is 57.2 Å². The van der Waals surface area contributed by atoms with E-state index in [0.29, 0.717) is 46.6 Å². The summed E-state index contributed by atoms with van der Waals surface area (Å²) in [6.45, 7) is 6.66. The Hall–Kier alpha value is -4.72. The van der Waals surface area contributed by atoms with Crippen LogP contribution in [-0.4, -0.2) is 30.1 Å². The monoisotopic (exact) mass is 510 g/mol. The van der Waals surface area contributed by atoms with E-state index in [4.69, 9.17) is 4.74 Å². The van der Waals surface area contributed by atoms with Crippen LogP contribution in [0.4, 0.5) is 17.1 Å². The maximum Gasteiger partial charge on any atom is 0.259 e. The van der Waals surface area contributed by atoms with Crippen LogP contribution in [0.5, 0.6) is 11.5 Å². The molecule has 3 N–H and O–H groups in total. The van der Waals surface area contributed by atoms with Crippen LogP contribution in [0, 0.1) is 6.92 Å². The molecule has 194 valence electrons. The van der Waals surface area contributed by atoms with Gasteiger partial charge in [-0.25, -0.2) is 0 Å². The van der Waals surface area contributed by atoms with Crippen molar-refractivity contribution in [1.29, 1.82) is 0 Å². The molecule has 4 aromatic carbocycles. The molecule has 8 nitrogen and oxygen atoms in total. The van der Waals surface area contributed by atoms with Gasteiger partial charge in [0.15, 0.2) is 5.75 Å². The molecule has 0 radical (unpaired) electrons. The van der Waals surface area contributed by atoms with Crippen LogP contribution in [0.1, 0.15) is 46.5 Å². The Morgan fingerprint density at radius 1 is 0.921 bits per heavy atom. The third-order valence-corrected chi connectivity index (χ3v) is 5.95. The Balaban J connectivity index is 1.77. The molecule has 0 saturated heterocycles. The van der Waals surface area contributed by atoms with Crippen LogP contribution < -0.4 is 15.4 Å². The van der Waals surface area contributed by atoms with Crippen molar-refractivity contribution >= 4 is 39.6 Å². The second-order valence-corrected chi connectivity index (χ2v) is 8.68. The molecule has 38 heavy (non-hydrogen) atoms.